The molecule has 1 N–H and O–H groups in total. The molecule has 0 aromatic rings. The van der Waals surface area contributed by atoms with Gasteiger partial charge in [-0.2, -0.15) is 0 Å². The Labute approximate surface area is 186 Å². The Bertz CT molecular complexity index is 477. The highest BCUT2D eigenvalue weighted by Crippen LogP contribution is 2.23. The molecule has 0 bridgehead atoms. The number of nitrogens with one attached hydrogen (secondary N) is 1. The Morgan fingerprint density at radius 3 is 1.97 bits per heavy atom. The molecule has 30 heavy (non-hydrogen) atoms. The number of carbonyl (C=O) groups excluding carboxylic acids is 2. The summed E-state index contributed by atoms with van der Waals surface area (Å²) < 4.78 is 0. The Kier molecular flexibility index (Phi) is 15.0. The number of nitrogens with zero attached hydrogens (tertiary/aromatic N) is 3. The van der Waals surface area contributed by atoms with Crippen LogP contribution in [0.5, 0.6) is 0 Å². The number of unbranched alkanes of at least 4 members (excludes halogenated alkanes) is 1. The second kappa shape index (κ2) is 15.6. The fourth-order valence-corrected chi connectivity index (χ4v) is 3.38. The second-order valence-electron chi connectivity index (χ2n) is 9.85. The van der Waals surface area contributed by atoms with Crippen molar-refractivity contribution in [2.24, 2.45) is 17.8 Å². The average molecular weight is 427 g/mol. The lowest BCUT2D eigenvalue weighted by atomic mass is 10.1. The Balaban J connectivity index is 0.000000901. The molecule has 0 saturated carbocycles. The Hall–Kier alpha value is -1.14. The maximum atomic E-state index is 12.3. The van der Waals surface area contributed by atoms with E-state index in [1.165, 1.54) is 12.8 Å². The zero-order valence-electron chi connectivity index (χ0n) is 21.3. The van der Waals surface area contributed by atoms with Gasteiger partial charge in [-0.25, -0.2) is 0 Å². The number of piperazine rings is 1. The van der Waals surface area contributed by atoms with Gasteiger partial charge >= 0.3 is 0 Å². The molecule has 2 heterocycles. The van der Waals surface area contributed by atoms with E-state index in [0.717, 1.165) is 32.0 Å². The van der Waals surface area contributed by atoms with E-state index in [4.69, 9.17) is 0 Å². The van der Waals surface area contributed by atoms with Crippen LogP contribution in [-0.4, -0.2) is 79.0 Å². The van der Waals surface area contributed by atoms with Gasteiger partial charge in [0.25, 0.3) is 0 Å². The lowest BCUT2D eigenvalue weighted by Crippen LogP contribution is -2.59. The summed E-state index contributed by atoms with van der Waals surface area (Å²) >= 11 is 0. The van der Waals surface area contributed by atoms with Crippen LogP contribution in [0.3, 0.4) is 0 Å². The van der Waals surface area contributed by atoms with E-state index in [0.29, 0.717) is 24.9 Å². The van der Waals surface area contributed by atoms with Gasteiger partial charge in [0.1, 0.15) is 12.7 Å². The molecule has 2 rings (SSSR count). The van der Waals surface area contributed by atoms with Gasteiger partial charge in [-0.1, -0.05) is 68.2 Å². The summed E-state index contributed by atoms with van der Waals surface area (Å²) in [5.74, 6) is 2.01. The van der Waals surface area contributed by atoms with E-state index in [1.54, 1.807) is 4.90 Å². The van der Waals surface area contributed by atoms with Gasteiger partial charge in [-0.15, -0.1) is 0 Å². The molecule has 0 aliphatic carbocycles. The van der Waals surface area contributed by atoms with Crippen LogP contribution in [0.1, 0.15) is 74.7 Å². The molecule has 2 saturated heterocycles. The second-order valence-corrected chi connectivity index (χ2v) is 9.85. The molecule has 0 radical (unpaired) electrons. The van der Waals surface area contributed by atoms with E-state index in [-0.39, 0.29) is 24.5 Å². The SMILES string of the molecule is CC(C)C.CCCC.CNCCC(C)CN1CC2N(CC(C)C)CC(=O)N2CC1=O. The summed E-state index contributed by atoms with van der Waals surface area (Å²) in [5.41, 5.74) is 0. The Morgan fingerprint density at radius 2 is 1.50 bits per heavy atom. The molecular formula is C24H50N4O2. The van der Waals surface area contributed by atoms with Gasteiger partial charge in [0, 0.05) is 13.1 Å². The van der Waals surface area contributed by atoms with Gasteiger partial charge in [-0.05, 0) is 37.8 Å². The third-order valence-corrected chi connectivity index (χ3v) is 5.00. The topological polar surface area (TPSA) is 55.9 Å². The third kappa shape index (κ3) is 11.3. The maximum absolute atomic E-state index is 12.3. The summed E-state index contributed by atoms with van der Waals surface area (Å²) in [6.45, 7) is 21.4. The normalized spacial score (nSPS) is 20.0. The molecule has 2 aliphatic rings. The van der Waals surface area contributed by atoms with Gasteiger partial charge in [-0.3, -0.25) is 14.5 Å². The van der Waals surface area contributed by atoms with E-state index < -0.39 is 0 Å². The van der Waals surface area contributed by atoms with Crippen LogP contribution in [-0.2, 0) is 9.59 Å². The molecule has 2 atom stereocenters. The largest absolute Gasteiger partial charge is 0.337 e. The lowest BCUT2D eigenvalue weighted by molar-refractivity contribution is -0.146. The molecule has 6 nitrogen and oxygen atoms in total. The van der Waals surface area contributed by atoms with Gasteiger partial charge in [0.15, 0.2) is 0 Å². The highest BCUT2D eigenvalue weighted by Gasteiger charge is 2.44. The lowest BCUT2D eigenvalue weighted by Gasteiger charge is -2.41. The summed E-state index contributed by atoms with van der Waals surface area (Å²) in [4.78, 5) is 30.4. The molecule has 0 aromatic carbocycles. The molecule has 2 amide bonds. The van der Waals surface area contributed by atoms with Gasteiger partial charge in [0.2, 0.25) is 11.8 Å². The predicted molar refractivity (Wildman–Crippen MR) is 127 cm³/mol. The zero-order valence-corrected chi connectivity index (χ0v) is 21.3. The van der Waals surface area contributed by atoms with E-state index in [9.17, 15) is 9.59 Å². The summed E-state index contributed by atoms with van der Waals surface area (Å²) in [7, 11) is 1.95. The van der Waals surface area contributed by atoms with E-state index in [2.05, 4.69) is 65.6 Å². The van der Waals surface area contributed by atoms with Crippen molar-refractivity contribution in [3.05, 3.63) is 0 Å². The molecular weight excluding hydrogens is 376 g/mol. The van der Waals surface area contributed by atoms with E-state index >= 15 is 0 Å². The van der Waals surface area contributed by atoms with Crippen molar-refractivity contribution in [2.45, 2.75) is 80.8 Å². The van der Waals surface area contributed by atoms with Crippen molar-refractivity contribution < 1.29 is 9.59 Å². The highest BCUT2D eigenvalue weighted by molar-refractivity contribution is 5.88. The van der Waals surface area contributed by atoms with Crippen LogP contribution in [0.2, 0.25) is 0 Å². The molecule has 178 valence electrons. The smallest absolute Gasteiger partial charge is 0.242 e. The highest BCUT2D eigenvalue weighted by atomic mass is 16.2. The quantitative estimate of drug-likeness (QED) is 0.643. The monoisotopic (exact) mass is 426 g/mol. The van der Waals surface area contributed by atoms with Crippen LogP contribution in [0.25, 0.3) is 0 Å². The number of carbonyl (C=O) groups is 2. The maximum Gasteiger partial charge on any atom is 0.242 e. The summed E-state index contributed by atoms with van der Waals surface area (Å²) in [6.07, 6.45) is 3.77. The van der Waals surface area contributed by atoms with Crippen molar-refractivity contribution in [1.82, 2.24) is 20.0 Å². The summed E-state index contributed by atoms with van der Waals surface area (Å²) in [5, 5.41) is 3.15. The third-order valence-electron chi connectivity index (χ3n) is 5.00. The number of hydrogen-bond acceptors (Lipinski definition) is 4. The first kappa shape index (κ1) is 28.9. The van der Waals surface area contributed by atoms with Crippen molar-refractivity contribution >= 4 is 11.8 Å². The zero-order chi connectivity index (χ0) is 23.3. The number of hydrogen-bond donors (Lipinski definition) is 1. The number of rotatable bonds is 8. The molecule has 2 fully saturated rings. The number of fused-ring (bicyclic) bond motifs is 1. The van der Waals surface area contributed by atoms with Crippen molar-refractivity contribution in [1.29, 1.82) is 0 Å². The van der Waals surface area contributed by atoms with Crippen LogP contribution >= 0.6 is 0 Å². The molecule has 6 heteroatoms. The predicted octanol–water partition coefficient (Wildman–Crippen LogP) is 3.67. The van der Waals surface area contributed by atoms with Crippen molar-refractivity contribution in [3.8, 4) is 0 Å². The van der Waals surface area contributed by atoms with Crippen LogP contribution in [0.15, 0.2) is 0 Å². The van der Waals surface area contributed by atoms with Gasteiger partial charge in [0.05, 0.1) is 13.1 Å². The molecule has 0 aromatic heterocycles. The fourth-order valence-electron chi connectivity index (χ4n) is 3.38. The minimum absolute atomic E-state index is 0.0732. The Morgan fingerprint density at radius 1 is 0.933 bits per heavy atom. The fraction of sp³-hybridized carbons (Fsp3) is 0.917. The van der Waals surface area contributed by atoms with Crippen LogP contribution in [0.4, 0.5) is 0 Å². The first-order valence-corrected chi connectivity index (χ1v) is 12.0. The first-order chi connectivity index (χ1) is 14.1. The first-order valence-electron chi connectivity index (χ1n) is 12.0. The van der Waals surface area contributed by atoms with E-state index in [1.807, 2.05) is 11.9 Å². The minimum atomic E-state index is 0.0732. The van der Waals surface area contributed by atoms with Crippen LogP contribution < -0.4 is 5.32 Å². The standard InChI is InChI=1S/C16H30N4O2.2C4H10/c1-12(2)7-18-10-16(22)20-11-15(21)19(9-14(18)20)8-13(3)5-6-17-4;1-4(2)3;1-3-4-2/h12-14,17H,5-11H2,1-4H3;4H,1-3H3;3-4H2,1-2H3. The van der Waals surface area contributed by atoms with Crippen molar-refractivity contribution in [2.75, 3.05) is 46.3 Å². The van der Waals surface area contributed by atoms with Gasteiger partial charge < -0.3 is 15.1 Å². The molecule has 2 aliphatic heterocycles. The number of amides is 2. The van der Waals surface area contributed by atoms with Crippen molar-refractivity contribution in [3.63, 3.8) is 0 Å². The summed E-state index contributed by atoms with van der Waals surface area (Å²) in [6, 6.07) is 0. The minimum Gasteiger partial charge on any atom is -0.337 e. The average Bonchev–Trinajstić information content (AvgIpc) is 2.94. The molecule has 2 unspecified atom stereocenters. The molecule has 0 spiro atoms. The van der Waals surface area contributed by atoms with Crippen LogP contribution in [0, 0.1) is 17.8 Å².